The maximum Gasteiger partial charge on any atom is 0.326 e. The van der Waals surface area contributed by atoms with Crippen LogP contribution in [0.1, 0.15) is 22.3 Å². The molecule has 1 aliphatic rings. The van der Waals surface area contributed by atoms with Gasteiger partial charge in [0.05, 0.1) is 12.8 Å². The second-order valence-corrected chi connectivity index (χ2v) is 4.63. The van der Waals surface area contributed by atoms with Crippen LogP contribution < -0.4 is 16.4 Å². The molecule has 1 aromatic rings. The first-order valence-electron chi connectivity index (χ1n) is 6.11. The molecule has 1 aromatic carbocycles. The first-order chi connectivity index (χ1) is 9.86. The zero-order chi connectivity index (χ0) is 15.6. The van der Waals surface area contributed by atoms with Crippen LogP contribution >= 0.6 is 0 Å². The molecule has 2 rings (SSSR count). The van der Waals surface area contributed by atoms with E-state index in [4.69, 9.17) is 10.8 Å². The van der Waals surface area contributed by atoms with Gasteiger partial charge in [-0.15, -0.1) is 0 Å². The summed E-state index contributed by atoms with van der Waals surface area (Å²) < 4.78 is 0. The van der Waals surface area contributed by atoms with Crippen molar-refractivity contribution in [2.24, 2.45) is 5.73 Å². The Hall–Kier alpha value is -2.90. The maximum atomic E-state index is 12.0. The number of nitrogens with one attached hydrogen (secondary N) is 2. The molecule has 8 heteroatoms. The lowest BCUT2D eigenvalue weighted by Gasteiger charge is -2.13. The van der Waals surface area contributed by atoms with Crippen LogP contribution in [0.2, 0.25) is 0 Å². The van der Waals surface area contributed by atoms with Gasteiger partial charge in [0.1, 0.15) is 6.04 Å². The second kappa shape index (κ2) is 5.61. The monoisotopic (exact) mass is 291 g/mol. The van der Waals surface area contributed by atoms with E-state index in [1.165, 1.54) is 12.1 Å². The summed E-state index contributed by atoms with van der Waals surface area (Å²) in [7, 11) is 0. The number of carboxylic acids is 1. The van der Waals surface area contributed by atoms with Gasteiger partial charge in [-0.05, 0) is 17.7 Å². The van der Waals surface area contributed by atoms with Crippen molar-refractivity contribution in [3.63, 3.8) is 0 Å². The molecule has 0 bridgehead atoms. The first-order valence-corrected chi connectivity index (χ1v) is 6.11. The first kappa shape index (κ1) is 14.5. The van der Waals surface area contributed by atoms with Crippen LogP contribution in [0.5, 0.6) is 0 Å². The SMILES string of the molecule is NC(=O)C[C@H](NC(=O)c1ccc2c(c1)NC(=O)C2)C(=O)O. The van der Waals surface area contributed by atoms with Crippen LogP contribution in [-0.2, 0) is 20.8 Å². The fraction of sp³-hybridized carbons (Fsp3) is 0.231. The molecular formula is C13H13N3O5. The van der Waals surface area contributed by atoms with E-state index in [-0.39, 0.29) is 17.9 Å². The number of rotatable bonds is 5. The van der Waals surface area contributed by atoms with Crippen LogP contribution in [0, 0.1) is 0 Å². The average molecular weight is 291 g/mol. The maximum absolute atomic E-state index is 12.0. The van der Waals surface area contributed by atoms with E-state index in [0.29, 0.717) is 5.69 Å². The summed E-state index contributed by atoms with van der Waals surface area (Å²) in [5.74, 6) is -3.01. The number of carbonyl (C=O) groups excluding carboxylic acids is 3. The van der Waals surface area contributed by atoms with Gasteiger partial charge in [-0.1, -0.05) is 6.07 Å². The molecule has 21 heavy (non-hydrogen) atoms. The predicted octanol–water partition coefficient (Wildman–Crippen LogP) is -0.760. The number of hydrogen-bond acceptors (Lipinski definition) is 4. The van der Waals surface area contributed by atoms with Gasteiger partial charge in [0, 0.05) is 11.3 Å². The molecular weight excluding hydrogens is 278 g/mol. The van der Waals surface area contributed by atoms with Gasteiger partial charge in [0.2, 0.25) is 11.8 Å². The molecule has 8 nitrogen and oxygen atoms in total. The normalized spacial score (nSPS) is 14.0. The largest absolute Gasteiger partial charge is 0.480 e. The smallest absolute Gasteiger partial charge is 0.326 e. The minimum atomic E-state index is -1.39. The number of anilines is 1. The van der Waals surface area contributed by atoms with Crippen LogP contribution in [-0.4, -0.2) is 34.8 Å². The number of hydrogen-bond donors (Lipinski definition) is 4. The van der Waals surface area contributed by atoms with Crippen LogP contribution in [0.4, 0.5) is 5.69 Å². The molecule has 1 atom stereocenters. The van der Waals surface area contributed by atoms with E-state index >= 15 is 0 Å². The fourth-order valence-electron chi connectivity index (χ4n) is 2.00. The van der Waals surface area contributed by atoms with Gasteiger partial charge in [0.25, 0.3) is 5.91 Å². The quantitative estimate of drug-likeness (QED) is 0.564. The number of carbonyl (C=O) groups is 4. The highest BCUT2D eigenvalue weighted by Gasteiger charge is 2.24. The van der Waals surface area contributed by atoms with Crippen molar-refractivity contribution < 1.29 is 24.3 Å². The van der Waals surface area contributed by atoms with E-state index in [9.17, 15) is 19.2 Å². The highest BCUT2D eigenvalue weighted by molar-refractivity contribution is 6.03. The Kier molecular flexibility index (Phi) is 3.88. The molecule has 0 radical (unpaired) electrons. The van der Waals surface area contributed by atoms with E-state index < -0.39 is 30.2 Å². The van der Waals surface area contributed by atoms with Crippen molar-refractivity contribution in [2.45, 2.75) is 18.9 Å². The molecule has 1 aliphatic heterocycles. The zero-order valence-corrected chi connectivity index (χ0v) is 10.9. The Morgan fingerprint density at radius 3 is 2.71 bits per heavy atom. The Morgan fingerprint density at radius 1 is 1.38 bits per heavy atom. The molecule has 0 spiro atoms. The van der Waals surface area contributed by atoms with Gasteiger partial charge in [-0.3, -0.25) is 14.4 Å². The number of carboxylic acid groups (broad SMARTS) is 1. The van der Waals surface area contributed by atoms with Crippen molar-refractivity contribution in [1.82, 2.24) is 5.32 Å². The molecule has 5 N–H and O–H groups in total. The molecule has 1 heterocycles. The van der Waals surface area contributed by atoms with Gasteiger partial charge >= 0.3 is 5.97 Å². The summed E-state index contributed by atoms with van der Waals surface area (Å²) in [6.45, 7) is 0. The van der Waals surface area contributed by atoms with Crippen molar-refractivity contribution in [2.75, 3.05) is 5.32 Å². The zero-order valence-electron chi connectivity index (χ0n) is 10.9. The molecule has 110 valence electrons. The van der Waals surface area contributed by atoms with Gasteiger partial charge in [0.15, 0.2) is 0 Å². The molecule has 0 saturated carbocycles. The standard InChI is InChI=1S/C13H13N3O5/c14-10(17)5-9(13(20)21)16-12(19)7-2-1-6-4-11(18)15-8(6)3-7/h1-3,9H,4-5H2,(H2,14,17)(H,15,18)(H,16,19)(H,20,21)/t9-/m0/s1. The highest BCUT2D eigenvalue weighted by atomic mass is 16.4. The van der Waals surface area contributed by atoms with Gasteiger partial charge < -0.3 is 21.5 Å². The molecule has 0 fully saturated rings. The topological polar surface area (TPSA) is 139 Å². The van der Waals surface area contributed by atoms with Crippen LogP contribution in [0.15, 0.2) is 18.2 Å². The minimum absolute atomic E-state index is 0.167. The summed E-state index contributed by atoms with van der Waals surface area (Å²) in [4.78, 5) is 44.9. The van der Waals surface area contributed by atoms with E-state index in [1.807, 2.05) is 0 Å². The summed E-state index contributed by atoms with van der Waals surface area (Å²) >= 11 is 0. The summed E-state index contributed by atoms with van der Waals surface area (Å²) in [6.07, 6.45) is -0.251. The number of nitrogens with two attached hydrogens (primary N) is 1. The van der Waals surface area contributed by atoms with Crippen molar-refractivity contribution >= 4 is 29.4 Å². The van der Waals surface area contributed by atoms with E-state index in [2.05, 4.69) is 10.6 Å². The van der Waals surface area contributed by atoms with Gasteiger partial charge in [-0.25, -0.2) is 4.79 Å². The summed E-state index contributed by atoms with van der Waals surface area (Å²) in [5.41, 5.74) is 6.41. The lowest BCUT2D eigenvalue weighted by atomic mass is 10.1. The third kappa shape index (κ3) is 3.35. The average Bonchev–Trinajstić information content (AvgIpc) is 2.76. The Labute approximate surface area is 119 Å². The summed E-state index contributed by atoms with van der Waals surface area (Å²) in [6, 6.07) is 3.17. The fourth-order valence-corrected chi connectivity index (χ4v) is 2.00. The predicted molar refractivity (Wildman–Crippen MR) is 71.5 cm³/mol. The van der Waals surface area contributed by atoms with Gasteiger partial charge in [-0.2, -0.15) is 0 Å². The Bertz CT molecular complexity index is 641. The van der Waals surface area contributed by atoms with E-state index in [0.717, 1.165) is 5.56 Å². The highest BCUT2D eigenvalue weighted by Crippen LogP contribution is 2.24. The third-order valence-electron chi connectivity index (χ3n) is 3.01. The van der Waals surface area contributed by atoms with Crippen molar-refractivity contribution in [3.05, 3.63) is 29.3 Å². The number of benzene rings is 1. The second-order valence-electron chi connectivity index (χ2n) is 4.63. The minimum Gasteiger partial charge on any atom is -0.480 e. The number of aliphatic carboxylic acids is 1. The number of fused-ring (bicyclic) bond motifs is 1. The van der Waals surface area contributed by atoms with E-state index in [1.54, 1.807) is 6.07 Å². The number of primary amides is 1. The summed E-state index contributed by atoms with van der Waals surface area (Å²) in [5, 5.41) is 13.7. The lowest BCUT2D eigenvalue weighted by molar-refractivity contribution is -0.140. The third-order valence-corrected chi connectivity index (χ3v) is 3.01. The van der Waals surface area contributed by atoms with Crippen LogP contribution in [0.25, 0.3) is 0 Å². The Balaban J connectivity index is 2.13. The molecule has 0 saturated heterocycles. The Morgan fingerprint density at radius 2 is 2.10 bits per heavy atom. The number of amides is 3. The molecule has 0 aliphatic carbocycles. The lowest BCUT2D eigenvalue weighted by Crippen LogP contribution is -2.43. The van der Waals surface area contributed by atoms with Crippen molar-refractivity contribution in [3.8, 4) is 0 Å². The van der Waals surface area contributed by atoms with Crippen LogP contribution in [0.3, 0.4) is 0 Å². The molecule has 3 amide bonds. The van der Waals surface area contributed by atoms with Crippen molar-refractivity contribution in [1.29, 1.82) is 0 Å². The molecule has 0 unspecified atom stereocenters. The molecule has 0 aromatic heterocycles.